The van der Waals surface area contributed by atoms with Gasteiger partial charge < -0.3 is 25.0 Å². The number of anilines is 2. The number of nitrogens with one attached hydrogen (secondary N) is 2. The van der Waals surface area contributed by atoms with Crippen LogP contribution in [0.5, 0.6) is 11.5 Å². The van der Waals surface area contributed by atoms with E-state index in [0.29, 0.717) is 28.7 Å². The molecule has 2 aliphatic rings. The van der Waals surface area contributed by atoms with E-state index < -0.39 is 0 Å². The van der Waals surface area contributed by atoms with Gasteiger partial charge in [-0.3, -0.25) is 0 Å². The van der Waals surface area contributed by atoms with Crippen LogP contribution in [0.25, 0.3) is 0 Å². The molecule has 1 saturated heterocycles. The lowest BCUT2D eigenvalue weighted by Gasteiger charge is -2.32. The van der Waals surface area contributed by atoms with E-state index in [0.717, 1.165) is 47.4 Å². The van der Waals surface area contributed by atoms with Crippen LogP contribution in [0.3, 0.4) is 0 Å². The predicted octanol–water partition coefficient (Wildman–Crippen LogP) is 3.87. The van der Waals surface area contributed by atoms with E-state index in [9.17, 15) is 0 Å². The molecule has 0 bridgehead atoms. The van der Waals surface area contributed by atoms with Crippen molar-refractivity contribution in [1.29, 1.82) is 0 Å². The van der Waals surface area contributed by atoms with E-state index in [1.807, 2.05) is 24.3 Å². The first-order valence-corrected chi connectivity index (χ1v) is 12.4. The molecule has 4 heterocycles. The molecular weight excluding hydrogens is 470 g/mol. The summed E-state index contributed by atoms with van der Waals surface area (Å²) in [6.45, 7) is 5.00. The molecule has 0 amide bonds. The Kier molecular flexibility index (Phi) is 6.91. The molecule has 5 rings (SSSR count). The number of hydrogen-bond acceptors (Lipinski definition) is 9. The first kappa shape index (κ1) is 22.6. The van der Waals surface area contributed by atoms with Gasteiger partial charge in [-0.25, -0.2) is 15.0 Å². The average Bonchev–Trinajstić information content (AvgIpc) is 3.31. The number of hydrogen-bond donors (Lipinski definition) is 2. The van der Waals surface area contributed by atoms with Gasteiger partial charge in [-0.15, -0.1) is 0 Å². The van der Waals surface area contributed by atoms with E-state index in [4.69, 9.17) is 26.7 Å². The summed E-state index contributed by atoms with van der Waals surface area (Å²) in [7, 11) is 0. The van der Waals surface area contributed by atoms with Gasteiger partial charge in [-0.05, 0) is 66.5 Å². The monoisotopic (exact) mass is 495 g/mol. The summed E-state index contributed by atoms with van der Waals surface area (Å²) in [5.74, 6) is 3.44. The molecule has 9 nitrogen and oxygen atoms in total. The molecule has 0 radical (unpaired) electrons. The lowest BCUT2D eigenvalue weighted by atomic mass is 10.0. The Morgan fingerprint density at radius 3 is 2.88 bits per heavy atom. The summed E-state index contributed by atoms with van der Waals surface area (Å²) >= 11 is 6.92. The minimum Gasteiger partial charge on any atom is -0.454 e. The van der Waals surface area contributed by atoms with Crippen LogP contribution in [0.4, 0.5) is 11.8 Å². The lowest BCUT2D eigenvalue weighted by Crippen LogP contribution is -2.35. The van der Waals surface area contributed by atoms with Gasteiger partial charge in [-0.2, -0.15) is 4.98 Å². The van der Waals surface area contributed by atoms with E-state index in [1.54, 1.807) is 18.5 Å². The number of nitrogens with zero attached hydrogens (tertiary/aromatic N) is 5. The van der Waals surface area contributed by atoms with Gasteiger partial charge in [0.1, 0.15) is 10.8 Å². The fourth-order valence-electron chi connectivity index (χ4n) is 3.89. The SMILES string of the molecule is C[C@@H]1CCCN(c2cc(Sc3ncccn3)nc(NC(=S)NCc3ccc4c(c3)OCO4)n2)C1. The van der Waals surface area contributed by atoms with Gasteiger partial charge in [0.25, 0.3) is 0 Å². The van der Waals surface area contributed by atoms with Crippen molar-refractivity contribution >= 4 is 40.9 Å². The number of aromatic nitrogens is 4. The van der Waals surface area contributed by atoms with E-state index in [1.165, 1.54) is 18.2 Å². The fourth-order valence-corrected chi connectivity index (χ4v) is 4.77. The maximum absolute atomic E-state index is 5.52. The van der Waals surface area contributed by atoms with Crippen molar-refractivity contribution < 1.29 is 9.47 Å². The molecular formula is C23H25N7O2S2. The van der Waals surface area contributed by atoms with Crippen LogP contribution in [-0.2, 0) is 6.54 Å². The van der Waals surface area contributed by atoms with Gasteiger partial charge >= 0.3 is 0 Å². The summed E-state index contributed by atoms with van der Waals surface area (Å²) in [5.41, 5.74) is 1.03. The second kappa shape index (κ2) is 10.4. The zero-order chi connectivity index (χ0) is 23.3. The smallest absolute Gasteiger partial charge is 0.232 e. The van der Waals surface area contributed by atoms with Crippen molar-refractivity contribution in [2.75, 3.05) is 30.1 Å². The number of ether oxygens (including phenoxy) is 2. The molecule has 0 unspecified atom stereocenters. The van der Waals surface area contributed by atoms with Crippen molar-refractivity contribution in [3.63, 3.8) is 0 Å². The van der Waals surface area contributed by atoms with Gasteiger partial charge in [-0.1, -0.05) is 13.0 Å². The normalized spacial score (nSPS) is 16.9. The van der Waals surface area contributed by atoms with Crippen molar-refractivity contribution in [2.24, 2.45) is 5.92 Å². The number of benzene rings is 1. The standard InChI is InChI=1S/C23H25N7O2S2/c1-15-4-2-9-30(13-15)19-11-20(34-23-24-7-3-8-25-23)28-21(27-19)29-22(33)26-12-16-5-6-17-18(10-16)32-14-31-17/h3,5-8,10-11,15H,2,4,9,12-14H2,1H3,(H2,26,27,28,29,33)/t15-/m1/s1. The van der Waals surface area contributed by atoms with Crippen molar-refractivity contribution in [1.82, 2.24) is 25.3 Å². The molecule has 2 N–H and O–H groups in total. The van der Waals surface area contributed by atoms with Crippen LogP contribution in [0.1, 0.15) is 25.3 Å². The number of fused-ring (bicyclic) bond motifs is 1. The second-order valence-electron chi connectivity index (χ2n) is 8.21. The number of rotatable bonds is 6. The molecule has 2 aromatic heterocycles. The van der Waals surface area contributed by atoms with E-state index >= 15 is 0 Å². The van der Waals surface area contributed by atoms with Crippen molar-refractivity contribution in [3.05, 3.63) is 48.3 Å². The highest BCUT2D eigenvalue weighted by atomic mass is 32.2. The van der Waals surface area contributed by atoms with Crippen LogP contribution in [0.2, 0.25) is 0 Å². The Labute approximate surface area is 207 Å². The van der Waals surface area contributed by atoms with Gasteiger partial charge in [0.05, 0.1) is 0 Å². The Bertz CT molecular complexity index is 1170. The third-order valence-electron chi connectivity index (χ3n) is 5.52. The third kappa shape index (κ3) is 5.65. The Morgan fingerprint density at radius 1 is 1.18 bits per heavy atom. The molecule has 0 aliphatic carbocycles. The van der Waals surface area contributed by atoms with Crippen molar-refractivity contribution in [3.8, 4) is 11.5 Å². The topological polar surface area (TPSA) is 97.3 Å². The summed E-state index contributed by atoms with van der Waals surface area (Å²) in [6, 6.07) is 9.61. The molecule has 34 heavy (non-hydrogen) atoms. The minimum absolute atomic E-state index is 0.254. The zero-order valence-corrected chi connectivity index (χ0v) is 20.4. The summed E-state index contributed by atoms with van der Waals surface area (Å²) in [4.78, 5) is 20.3. The maximum Gasteiger partial charge on any atom is 0.232 e. The van der Waals surface area contributed by atoms with Gasteiger partial charge in [0.2, 0.25) is 12.7 Å². The molecule has 3 aromatic rings. The van der Waals surface area contributed by atoms with Crippen LogP contribution in [-0.4, -0.2) is 44.9 Å². The summed E-state index contributed by atoms with van der Waals surface area (Å²) in [6.07, 6.45) is 5.82. The van der Waals surface area contributed by atoms with E-state index in [-0.39, 0.29) is 6.79 Å². The largest absolute Gasteiger partial charge is 0.454 e. The quantitative estimate of drug-likeness (QED) is 0.296. The van der Waals surface area contributed by atoms with Crippen LogP contribution in [0, 0.1) is 5.92 Å². The minimum atomic E-state index is 0.254. The summed E-state index contributed by atoms with van der Waals surface area (Å²) < 4.78 is 10.8. The lowest BCUT2D eigenvalue weighted by molar-refractivity contribution is 0.174. The van der Waals surface area contributed by atoms with Crippen LogP contribution >= 0.6 is 24.0 Å². The molecule has 0 spiro atoms. The highest BCUT2D eigenvalue weighted by molar-refractivity contribution is 7.99. The molecule has 1 atom stereocenters. The van der Waals surface area contributed by atoms with Crippen molar-refractivity contribution in [2.45, 2.75) is 36.5 Å². The highest BCUT2D eigenvalue weighted by Gasteiger charge is 2.20. The fraction of sp³-hybridized carbons (Fsp3) is 0.348. The van der Waals surface area contributed by atoms with E-state index in [2.05, 4.69) is 37.4 Å². The molecule has 176 valence electrons. The Morgan fingerprint density at radius 2 is 2.03 bits per heavy atom. The van der Waals surface area contributed by atoms with Gasteiger partial charge in [0, 0.05) is 38.1 Å². The predicted molar refractivity (Wildman–Crippen MR) is 134 cm³/mol. The average molecular weight is 496 g/mol. The molecule has 1 aromatic carbocycles. The zero-order valence-electron chi connectivity index (χ0n) is 18.7. The van der Waals surface area contributed by atoms with Crippen LogP contribution in [0.15, 0.2) is 52.9 Å². The van der Waals surface area contributed by atoms with Crippen LogP contribution < -0.4 is 25.0 Å². The first-order chi connectivity index (χ1) is 16.6. The third-order valence-corrected chi connectivity index (χ3v) is 6.58. The second-order valence-corrected chi connectivity index (χ2v) is 9.61. The molecule has 2 aliphatic heterocycles. The molecule has 11 heteroatoms. The Hall–Kier alpha value is -3.18. The maximum atomic E-state index is 5.52. The summed E-state index contributed by atoms with van der Waals surface area (Å²) in [5, 5.41) is 8.19. The molecule has 1 fully saturated rings. The first-order valence-electron chi connectivity index (χ1n) is 11.1. The Balaban J connectivity index is 1.30. The number of piperidine rings is 1. The van der Waals surface area contributed by atoms with Gasteiger partial charge in [0.15, 0.2) is 21.8 Å². The highest BCUT2D eigenvalue weighted by Crippen LogP contribution is 2.32. The molecule has 0 saturated carbocycles. The number of thiocarbonyl (C=S) groups is 1.